The Morgan fingerprint density at radius 1 is 0.473 bits per heavy atom. The summed E-state index contributed by atoms with van der Waals surface area (Å²) in [7, 11) is 0. The molecule has 5 aliphatic rings. The first-order chi connectivity index (χ1) is 27.2. The number of hydrogen-bond acceptors (Lipinski definition) is 3. The van der Waals surface area contributed by atoms with Gasteiger partial charge in [-0.25, -0.2) is 9.97 Å². The van der Waals surface area contributed by atoms with Crippen LogP contribution in [0.3, 0.4) is 0 Å². The van der Waals surface area contributed by atoms with Gasteiger partial charge in [0.15, 0.2) is 0 Å². The molecular formula is C52H38N2O. The van der Waals surface area contributed by atoms with E-state index in [0.717, 1.165) is 61.9 Å². The van der Waals surface area contributed by atoms with Crippen molar-refractivity contribution in [1.82, 2.24) is 9.97 Å². The van der Waals surface area contributed by atoms with Gasteiger partial charge in [0.25, 0.3) is 0 Å². The minimum absolute atomic E-state index is 0.00390. The maximum atomic E-state index is 6.28. The van der Waals surface area contributed by atoms with Crippen LogP contribution < -0.4 is 0 Å². The molecule has 4 fully saturated rings. The van der Waals surface area contributed by atoms with Crippen molar-refractivity contribution in [3.05, 3.63) is 157 Å². The van der Waals surface area contributed by atoms with Crippen molar-refractivity contribution in [2.75, 3.05) is 0 Å². The van der Waals surface area contributed by atoms with Crippen LogP contribution in [-0.2, 0) is 5.41 Å². The fourth-order valence-corrected chi connectivity index (χ4v) is 12.3. The Morgan fingerprint density at radius 2 is 1.20 bits per heavy atom. The summed E-state index contributed by atoms with van der Waals surface area (Å²) in [6.07, 6.45) is 6.79. The first-order valence-electron chi connectivity index (χ1n) is 20.2. The number of rotatable bonds is 3. The predicted molar refractivity (Wildman–Crippen MR) is 224 cm³/mol. The third-order valence-electron chi connectivity index (χ3n) is 14.2. The lowest BCUT2D eigenvalue weighted by Gasteiger charge is -2.61. The van der Waals surface area contributed by atoms with Crippen molar-refractivity contribution in [3.63, 3.8) is 0 Å². The minimum Gasteiger partial charge on any atom is -0.456 e. The highest BCUT2D eigenvalue weighted by Gasteiger charge is 2.61. The summed E-state index contributed by atoms with van der Waals surface area (Å²) in [6.45, 7) is 0. The van der Waals surface area contributed by atoms with Crippen molar-refractivity contribution in [2.45, 2.75) is 37.5 Å². The summed E-state index contributed by atoms with van der Waals surface area (Å²) in [4.78, 5) is 11.0. The van der Waals surface area contributed by atoms with Gasteiger partial charge in [0.1, 0.15) is 11.2 Å². The molecule has 9 aromatic rings. The van der Waals surface area contributed by atoms with Gasteiger partial charge in [-0.2, -0.15) is 0 Å². The molecular weight excluding hydrogens is 669 g/mol. The average molecular weight is 707 g/mol. The topological polar surface area (TPSA) is 38.9 Å². The van der Waals surface area contributed by atoms with E-state index in [9.17, 15) is 0 Å². The highest BCUT2D eigenvalue weighted by Crippen LogP contribution is 2.70. The minimum atomic E-state index is 0.00390. The number of benzene rings is 7. The van der Waals surface area contributed by atoms with Crippen LogP contribution in [0.2, 0.25) is 0 Å². The van der Waals surface area contributed by atoms with E-state index in [1.807, 2.05) is 0 Å². The maximum absolute atomic E-state index is 6.28. The predicted octanol–water partition coefficient (Wildman–Crippen LogP) is 13.4. The van der Waals surface area contributed by atoms with E-state index in [0.29, 0.717) is 11.8 Å². The van der Waals surface area contributed by atoms with Crippen LogP contribution in [0.25, 0.3) is 88.5 Å². The van der Waals surface area contributed by atoms with Crippen LogP contribution in [0.5, 0.6) is 0 Å². The normalized spacial score (nSPS) is 23.3. The second-order valence-electron chi connectivity index (χ2n) is 16.9. The van der Waals surface area contributed by atoms with E-state index < -0.39 is 0 Å². The molecule has 2 heterocycles. The molecule has 4 bridgehead atoms. The SMILES string of the molecule is c1ccc(-c2nc3c(ccc4ccccc43)nc2-c2ccc3c(c2)C2(c4cccc(-c5ccc6oc7ccccc7c6c5)c4-3)C3CC4CC(C3)CC2C4)cc1. The number of aromatic nitrogens is 2. The van der Waals surface area contributed by atoms with Gasteiger partial charge in [-0.1, -0.05) is 115 Å². The lowest BCUT2D eigenvalue weighted by atomic mass is 9.43. The Bertz CT molecular complexity index is 3040. The van der Waals surface area contributed by atoms with E-state index in [-0.39, 0.29) is 5.41 Å². The fourth-order valence-electron chi connectivity index (χ4n) is 12.3. The van der Waals surface area contributed by atoms with Crippen LogP contribution in [-0.4, -0.2) is 9.97 Å². The first-order valence-corrected chi connectivity index (χ1v) is 20.2. The summed E-state index contributed by atoms with van der Waals surface area (Å²) in [5.41, 5.74) is 16.4. The molecule has 3 nitrogen and oxygen atoms in total. The number of para-hydroxylation sites is 1. The molecule has 5 aliphatic carbocycles. The molecule has 0 N–H and O–H groups in total. The number of hydrogen-bond donors (Lipinski definition) is 0. The first kappa shape index (κ1) is 30.3. The zero-order valence-corrected chi connectivity index (χ0v) is 30.5. The van der Waals surface area contributed by atoms with Crippen molar-refractivity contribution in [2.24, 2.45) is 23.7 Å². The summed E-state index contributed by atoms with van der Waals surface area (Å²) >= 11 is 0. The summed E-state index contributed by atoms with van der Waals surface area (Å²) < 4.78 is 6.28. The number of nitrogens with zero attached hydrogens (tertiary/aromatic N) is 2. The van der Waals surface area contributed by atoms with Crippen molar-refractivity contribution < 1.29 is 4.42 Å². The quantitative estimate of drug-likeness (QED) is 0.172. The van der Waals surface area contributed by atoms with Crippen molar-refractivity contribution in [3.8, 4) is 44.8 Å². The van der Waals surface area contributed by atoms with Gasteiger partial charge in [0, 0.05) is 32.7 Å². The number of fused-ring (bicyclic) bond motifs is 9. The highest BCUT2D eigenvalue weighted by atomic mass is 16.3. The van der Waals surface area contributed by atoms with Gasteiger partial charge in [0.05, 0.1) is 22.4 Å². The fraction of sp³-hybridized carbons (Fsp3) is 0.192. The molecule has 1 spiro atoms. The lowest BCUT2D eigenvalue weighted by molar-refractivity contribution is -0.0399. The molecule has 0 saturated heterocycles. The van der Waals surface area contributed by atoms with Crippen LogP contribution in [0, 0.1) is 23.7 Å². The monoisotopic (exact) mass is 706 g/mol. The third-order valence-corrected chi connectivity index (χ3v) is 14.2. The van der Waals surface area contributed by atoms with Crippen LogP contribution in [0.15, 0.2) is 150 Å². The van der Waals surface area contributed by atoms with Crippen molar-refractivity contribution >= 4 is 43.7 Å². The molecule has 7 aromatic carbocycles. The molecule has 2 aromatic heterocycles. The summed E-state index contributed by atoms with van der Waals surface area (Å²) in [5.74, 6) is 3.04. The number of furan rings is 1. The second-order valence-corrected chi connectivity index (χ2v) is 16.9. The smallest absolute Gasteiger partial charge is 0.135 e. The molecule has 0 radical (unpaired) electrons. The van der Waals surface area contributed by atoms with E-state index >= 15 is 0 Å². The maximum Gasteiger partial charge on any atom is 0.135 e. The molecule has 0 unspecified atom stereocenters. The van der Waals surface area contributed by atoms with Gasteiger partial charge in [0.2, 0.25) is 0 Å². The van der Waals surface area contributed by atoms with Gasteiger partial charge >= 0.3 is 0 Å². The average Bonchev–Trinajstić information content (AvgIpc) is 3.75. The Kier molecular flexibility index (Phi) is 6.06. The van der Waals surface area contributed by atoms with E-state index in [2.05, 4.69) is 146 Å². The largest absolute Gasteiger partial charge is 0.456 e. The molecule has 4 saturated carbocycles. The Hall–Kier alpha value is -6.06. The third kappa shape index (κ3) is 4.11. The van der Waals surface area contributed by atoms with E-state index in [1.54, 1.807) is 5.56 Å². The van der Waals surface area contributed by atoms with Gasteiger partial charge in [-0.15, -0.1) is 0 Å². The molecule has 0 aliphatic heterocycles. The summed E-state index contributed by atoms with van der Waals surface area (Å²) in [5, 5.41) is 4.68. The molecule has 14 rings (SSSR count). The zero-order valence-electron chi connectivity index (χ0n) is 30.5. The van der Waals surface area contributed by atoms with Gasteiger partial charge in [-0.05, 0) is 125 Å². The van der Waals surface area contributed by atoms with Gasteiger partial charge in [-0.3, -0.25) is 0 Å². The van der Waals surface area contributed by atoms with Crippen LogP contribution in [0.4, 0.5) is 0 Å². The van der Waals surface area contributed by atoms with Crippen LogP contribution in [0.1, 0.15) is 43.2 Å². The summed E-state index contributed by atoms with van der Waals surface area (Å²) in [6, 6.07) is 53.3. The standard InChI is InChI=1S/C52H38N2O/c1-2-10-33(11-3-1)49-50(53-45-21-18-32-9-4-5-12-39(32)51(45)54-49)35-17-20-41-44(29-35)52(36-24-30-23-31(26-36)27-37(52)25-30)43-15-8-14-38(48(41)43)34-19-22-47-42(28-34)40-13-6-7-16-46(40)55-47/h1-22,28-31,36-37H,23-27H2. The molecule has 3 heteroatoms. The second kappa shape index (κ2) is 11.0. The molecule has 0 atom stereocenters. The highest BCUT2D eigenvalue weighted by molar-refractivity contribution is 6.08. The molecule has 0 amide bonds. The Morgan fingerprint density at radius 3 is 2.05 bits per heavy atom. The van der Waals surface area contributed by atoms with Crippen LogP contribution >= 0.6 is 0 Å². The van der Waals surface area contributed by atoms with Crippen molar-refractivity contribution in [1.29, 1.82) is 0 Å². The van der Waals surface area contributed by atoms with E-state index in [1.165, 1.54) is 76.1 Å². The van der Waals surface area contributed by atoms with Gasteiger partial charge < -0.3 is 4.42 Å². The Labute approximate surface area is 319 Å². The Balaban J connectivity index is 1.07. The zero-order chi connectivity index (χ0) is 35.8. The lowest BCUT2D eigenvalue weighted by Crippen LogP contribution is -2.55. The molecule has 55 heavy (non-hydrogen) atoms. The molecule has 262 valence electrons. The van der Waals surface area contributed by atoms with E-state index in [4.69, 9.17) is 14.4 Å².